The molecule has 0 aliphatic rings. The second kappa shape index (κ2) is 2.88. The Bertz CT molecular complexity index is 298. The third-order valence-corrected chi connectivity index (χ3v) is 1.48. The number of aromatic carboxylic acids is 1. The molecule has 0 aliphatic heterocycles. The van der Waals surface area contributed by atoms with Gasteiger partial charge in [-0.15, -0.1) is 0 Å². The first-order valence-electron chi connectivity index (χ1n) is 2.77. The van der Waals surface area contributed by atoms with Crippen molar-refractivity contribution in [3.8, 4) is 0 Å². The van der Waals surface area contributed by atoms with E-state index >= 15 is 0 Å². The lowest BCUT2D eigenvalue weighted by atomic mass is 10.2. The van der Waals surface area contributed by atoms with Gasteiger partial charge in [0.15, 0.2) is 0 Å². The molecular weight excluding hydrogens is 171 g/mol. The van der Waals surface area contributed by atoms with Gasteiger partial charge < -0.3 is 9.90 Å². The largest absolute Gasteiger partial charge is 0.545 e. The van der Waals surface area contributed by atoms with Gasteiger partial charge in [0.05, 0.1) is 5.97 Å². The number of rotatable bonds is 1. The fraction of sp³-hybridized carbons (Fsp3) is 0. The van der Waals surface area contributed by atoms with Gasteiger partial charge in [0.1, 0.15) is 5.82 Å². The van der Waals surface area contributed by atoms with Gasteiger partial charge in [-0.2, -0.15) is 0 Å². The van der Waals surface area contributed by atoms with Gasteiger partial charge in [0.2, 0.25) is 0 Å². The van der Waals surface area contributed by atoms with E-state index in [1.54, 1.807) is 0 Å². The van der Waals surface area contributed by atoms with Crippen LogP contribution >= 0.6 is 11.6 Å². The lowest BCUT2D eigenvalue weighted by Gasteiger charge is -2.03. The highest BCUT2D eigenvalue weighted by molar-refractivity contribution is 6.33. The Morgan fingerprint density at radius 2 is 2.18 bits per heavy atom. The van der Waals surface area contributed by atoms with Crippen molar-refractivity contribution < 1.29 is 14.3 Å². The molecule has 11 heavy (non-hydrogen) atoms. The number of carbonyl (C=O) groups excluding carboxylic acids is 1. The molecule has 0 heterocycles. The monoisotopic (exact) mass is 173 g/mol. The zero-order valence-electron chi connectivity index (χ0n) is 5.30. The van der Waals surface area contributed by atoms with Crippen LogP contribution in [-0.2, 0) is 0 Å². The van der Waals surface area contributed by atoms with Gasteiger partial charge in [-0.25, -0.2) is 4.39 Å². The SMILES string of the molecule is O=C([O-])c1cc(F)ccc1Cl. The summed E-state index contributed by atoms with van der Waals surface area (Å²) in [5, 5.41) is 10.2. The fourth-order valence-electron chi connectivity index (χ4n) is 0.654. The predicted octanol–water partition coefficient (Wildman–Crippen LogP) is 0.843. The van der Waals surface area contributed by atoms with E-state index in [9.17, 15) is 14.3 Å². The number of halogens is 2. The first kappa shape index (κ1) is 8.01. The molecule has 0 unspecified atom stereocenters. The third kappa shape index (κ3) is 1.68. The molecule has 0 spiro atoms. The van der Waals surface area contributed by atoms with E-state index in [-0.39, 0.29) is 10.6 Å². The zero-order chi connectivity index (χ0) is 8.43. The van der Waals surface area contributed by atoms with Crippen molar-refractivity contribution >= 4 is 17.6 Å². The number of carbonyl (C=O) groups is 1. The molecule has 0 atom stereocenters. The Kier molecular flexibility index (Phi) is 2.10. The molecule has 0 radical (unpaired) electrons. The quantitative estimate of drug-likeness (QED) is 0.632. The lowest BCUT2D eigenvalue weighted by Crippen LogP contribution is -2.22. The topological polar surface area (TPSA) is 40.1 Å². The number of benzene rings is 1. The van der Waals surface area contributed by atoms with Gasteiger partial charge in [-0.05, 0) is 18.2 Å². The highest BCUT2D eigenvalue weighted by Crippen LogP contribution is 2.15. The number of carboxylic acids is 1. The summed E-state index contributed by atoms with van der Waals surface area (Å²) in [5.41, 5.74) is -0.327. The Labute approximate surface area is 67.2 Å². The van der Waals surface area contributed by atoms with Crippen LogP contribution in [0.5, 0.6) is 0 Å². The highest BCUT2D eigenvalue weighted by Gasteiger charge is 2.01. The van der Waals surface area contributed by atoms with E-state index in [1.807, 2.05) is 0 Å². The van der Waals surface area contributed by atoms with Crippen molar-refractivity contribution in [1.82, 2.24) is 0 Å². The molecule has 2 nitrogen and oxygen atoms in total. The molecule has 0 aromatic heterocycles. The molecule has 0 saturated carbocycles. The van der Waals surface area contributed by atoms with Gasteiger partial charge in [0, 0.05) is 10.6 Å². The van der Waals surface area contributed by atoms with Crippen molar-refractivity contribution in [2.45, 2.75) is 0 Å². The van der Waals surface area contributed by atoms with Crippen LogP contribution in [-0.4, -0.2) is 5.97 Å². The predicted molar refractivity (Wildman–Crippen MR) is 35.7 cm³/mol. The minimum Gasteiger partial charge on any atom is -0.545 e. The van der Waals surface area contributed by atoms with Crippen molar-refractivity contribution in [3.63, 3.8) is 0 Å². The van der Waals surface area contributed by atoms with Gasteiger partial charge >= 0.3 is 0 Å². The molecule has 0 fully saturated rings. The average Bonchev–Trinajstić information content (AvgIpc) is 1.94. The Hall–Kier alpha value is -1.09. The molecule has 0 saturated heterocycles. The van der Waals surface area contributed by atoms with E-state index in [4.69, 9.17) is 11.6 Å². The van der Waals surface area contributed by atoms with E-state index in [0.29, 0.717) is 0 Å². The maximum absolute atomic E-state index is 12.4. The first-order valence-corrected chi connectivity index (χ1v) is 3.15. The lowest BCUT2D eigenvalue weighted by molar-refractivity contribution is -0.255. The molecule has 4 heteroatoms. The average molecular weight is 174 g/mol. The van der Waals surface area contributed by atoms with Crippen LogP contribution in [0.2, 0.25) is 5.02 Å². The fourth-order valence-corrected chi connectivity index (χ4v) is 0.849. The van der Waals surface area contributed by atoms with E-state index < -0.39 is 11.8 Å². The molecule has 1 aromatic rings. The minimum absolute atomic E-state index is 0.0219. The van der Waals surface area contributed by atoms with Crippen LogP contribution in [0, 0.1) is 5.82 Å². The van der Waals surface area contributed by atoms with E-state index in [2.05, 4.69) is 0 Å². The minimum atomic E-state index is -1.48. The Morgan fingerprint density at radius 3 is 2.64 bits per heavy atom. The first-order chi connectivity index (χ1) is 5.11. The van der Waals surface area contributed by atoms with Crippen molar-refractivity contribution in [3.05, 3.63) is 34.6 Å². The smallest absolute Gasteiger partial charge is 0.123 e. The van der Waals surface area contributed by atoms with Gasteiger partial charge in [-0.3, -0.25) is 0 Å². The Morgan fingerprint density at radius 1 is 1.55 bits per heavy atom. The number of hydrogen-bond donors (Lipinski definition) is 0. The summed E-state index contributed by atoms with van der Waals surface area (Å²) in [6.45, 7) is 0. The Balaban J connectivity index is 3.23. The maximum atomic E-state index is 12.4. The standard InChI is InChI=1S/C7H4ClFO2/c8-6-2-1-4(9)3-5(6)7(10)11/h1-3H,(H,10,11)/p-1. The molecule has 0 amide bonds. The van der Waals surface area contributed by atoms with Gasteiger partial charge in [0.25, 0.3) is 0 Å². The molecule has 0 bridgehead atoms. The van der Waals surface area contributed by atoms with Crippen LogP contribution in [0.3, 0.4) is 0 Å². The summed E-state index contributed by atoms with van der Waals surface area (Å²) >= 11 is 5.40. The second-order valence-electron chi connectivity index (χ2n) is 1.91. The normalized spacial score (nSPS) is 9.64. The summed E-state index contributed by atoms with van der Waals surface area (Å²) in [5.74, 6) is -2.12. The van der Waals surface area contributed by atoms with Crippen molar-refractivity contribution in [1.29, 1.82) is 0 Å². The summed E-state index contributed by atoms with van der Waals surface area (Å²) < 4.78 is 12.4. The van der Waals surface area contributed by atoms with E-state index in [1.165, 1.54) is 6.07 Å². The van der Waals surface area contributed by atoms with Gasteiger partial charge in [-0.1, -0.05) is 11.6 Å². The van der Waals surface area contributed by atoms with Crippen molar-refractivity contribution in [2.24, 2.45) is 0 Å². The number of carboxylic acid groups (broad SMARTS) is 1. The summed E-state index contributed by atoms with van der Waals surface area (Å²) in [4.78, 5) is 10.2. The summed E-state index contributed by atoms with van der Waals surface area (Å²) in [6.07, 6.45) is 0. The summed E-state index contributed by atoms with van der Waals surface area (Å²) in [6, 6.07) is 3.06. The van der Waals surface area contributed by atoms with Crippen LogP contribution in [0.15, 0.2) is 18.2 Å². The summed E-state index contributed by atoms with van der Waals surface area (Å²) in [7, 11) is 0. The third-order valence-electron chi connectivity index (χ3n) is 1.15. The van der Waals surface area contributed by atoms with Crippen LogP contribution < -0.4 is 5.11 Å². The molecular formula is C7H3ClFO2-. The molecule has 0 N–H and O–H groups in total. The number of hydrogen-bond acceptors (Lipinski definition) is 2. The van der Waals surface area contributed by atoms with Crippen LogP contribution in [0.4, 0.5) is 4.39 Å². The molecule has 58 valence electrons. The molecule has 1 aromatic carbocycles. The molecule has 0 aliphatic carbocycles. The zero-order valence-corrected chi connectivity index (χ0v) is 6.06. The second-order valence-corrected chi connectivity index (χ2v) is 2.32. The van der Waals surface area contributed by atoms with Crippen LogP contribution in [0.1, 0.15) is 10.4 Å². The van der Waals surface area contributed by atoms with Crippen molar-refractivity contribution in [2.75, 3.05) is 0 Å². The molecule has 1 rings (SSSR count). The van der Waals surface area contributed by atoms with E-state index in [0.717, 1.165) is 12.1 Å². The highest BCUT2D eigenvalue weighted by atomic mass is 35.5. The van der Waals surface area contributed by atoms with Crippen LogP contribution in [0.25, 0.3) is 0 Å². The maximum Gasteiger partial charge on any atom is 0.123 e.